The van der Waals surface area contributed by atoms with Crippen LogP contribution in [0, 0.1) is 0 Å². The highest BCUT2D eigenvalue weighted by molar-refractivity contribution is 7.08. The van der Waals surface area contributed by atoms with Gasteiger partial charge in [0.15, 0.2) is 0 Å². The molecule has 0 amide bonds. The molecule has 0 spiro atoms. The molecule has 4 rings (SSSR count). The zero-order valence-electron chi connectivity index (χ0n) is 12.9. The van der Waals surface area contributed by atoms with Crippen LogP contribution in [0.3, 0.4) is 0 Å². The van der Waals surface area contributed by atoms with Gasteiger partial charge in [-0.3, -0.25) is 0 Å². The molecule has 0 atom stereocenters. The van der Waals surface area contributed by atoms with Gasteiger partial charge in [0.1, 0.15) is 5.75 Å². The first-order valence-corrected chi connectivity index (χ1v) is 8.63. The standard InChI is InChI=1S/C21H15NOS/c23-19-8-4-7-16(11-19)20-12-18(15-5-2-1-3-6-15)13-21(22-20)17-9-10-24-14-17/h1-14,23H. The molecule has 0 aliphatic carbocycles. The van der Waals surface area contributed by atoms with Gasteiger partial charge in [-0.05, 0) is 46.8 Å². The second kappa shape index (κ2) is 6.30. The van der Waals surface area contributed by atoms with Crippen LogP contribution in [0.25, 0.3) is 33.6 Å². The van der Waals surface area contributed by atoms with Crippen LogP contribution in [0.4, 0.5) is 0 Å². The molecule has 0 unspecified atom stereocenters. The van der Waals surface area contributed by atoms with Crippen molar-refractivity contribution in [3.05, 3.63) is 83.6 Å². The van der Waals surface area contributed by atoms with Crippen LogP contribution in [0.15, 0.2) is 83.6 Å². The number of aromatic nitrogens is 1. The number of aromatic hydroxyl groups is 1. The monoisotopic (exact) mass is 329 g/mol. The van der Waals surface area contributed by atoms with Gasteiger partial charge in [-0.1, -0.05) is 42.5 Å². The maximum Gasteiger partial charge on any atom is 0.116 e. The van der Waals surface area contributed by atoms with Crippen LogP contribution in [0.2, 0.25) is 0 Å². The molecule has 2 aromatic carbocycles. The molecule has 116 valence electrons. The molecule has 0 aliphatic rings. The number of phenolic OH excluding ortho intramolecular Hbond substituents is 1. The Kier molecular flexibility index (Phi) is 3.85. The zero-order chi connectivity index (χ0) is 16.4. The summed E-state index contributed by atoms with van der Waals surface area (Å²) in [6.45, 7) is 0. The molecule has 3 heteroatoms. The number of hydrogen-bond acceptors (Lipinski definition) is 3. The lowest BCUT2D eigenvalue weighted by atomic mass is 10.0. The van der Waals surface area contributed by atoms with E-state index < -0.39 is 0 Å². The second-order valence-corrected chi connectivity index (χ2v) is 6.33. The van der Waals surface area contributed by atoms with Crippen LogP contribution < -0.4 is 0 Å². The molecular weight excluding hydrogens is 314 g/mol. The topological polar surface area (TPSA) is 33.1 Å². The van der Waals surface area contributed by atoms with Crippen molar-refractivity contribution in [2.24, 2.45) is 0 Å². The van der Waals surface area contributed by atoms with Crippen molar-refractivity contribution in [1.82, 2.24) is 4.98 Å². The van der Waals surface area contributed by atoms with Crippen molar-refractivity contribution in [2.75, 3.05) is 0 Å². The lowest BCUT2D eigenvalue weighted by Gasteiger charge is -2.09. The Bertz CT molecular complexity index is 962. The van der Waals surface area contributed by atoms with E-state index >= 15 is 0 Å². The van der Waals surface area contributed by atoms with E-state index in [0.29, 0.717) is 0 Å². The van der Waals surface area contributed by atoms with Crippen molar-refractivity contribution >= 4 is 11.3 Å². The summed E-state index contributed by atoms with van der Waals surface area (Å²) in [6.07, 6.45) is 0. The van der Waals surface area contributed by atoms with Gasteiger partial charge in [-0.2, -0.15) is 11.3 Å². The summed E-state index contributed by atoms with van der Waals surface area (Å²) in [5.74, 6) is 0.247. The van der Waals surface area contributed by atoms with E-state index in [-0.39, 0.29) is 5.75 Å². The van der Waals surface area contributed by atoms with Gasteiger partial charge in [0.05, 0.1) is 11.4 Å². The predicted octanol–water partition coefficient (Wildman–Crippen LogP) is 5.85. The van der Waals surface area contributed by atoms with Gasteiger partial charge in [0.25, 0.3) is 0 Å². The summed E-state index contributed by atoms with van der Waals surface area (Å²) < 4.78 is 0. The number of benzene rings is 2. The molecule has 0 radical (unpaired) electrons. The maximum absolute atomic E-state index is 9.79. The fraction of sp³-hybridized carbons (Fsp3) is 0. The minimum atomic E-state index is 0.247. The van der Waals surface area contributed by atoms with Crippen LogP contribution in [-0.2, 0) is 0 Å². The number of nitrogens with zero attached hydrogens (tertiary/aromatic N) is 1. The number of phenols is 1. The summed E-state index contributed by atoms with van der Waals surface area (Å²) in [5, 5.41) is 13.9. The Morgan fingerprint density at radius 1 is 0.667 bits per heavy atom. The van der Waals surface area contributed by atoms with Crippen molar-refractivity contribution < 1.29 is 5.11 Å². The largest absolute Gasteiger partial charge is 0.508 e. The van der Waals surface area contributed by atoms with Crippen LogP contribution in [0.5, 0.6) is 5.75 Å². The molecular formula is C21H15NOS. The minimum Gasteiger partial charge on any atom is -0.508 e. The van der Waals surface area contributed by atoms with Gasteiger partial charge in [0.2, 0.25) is 0 Å². The van der Waals surface area contributed by atoms with Crippen molar-refractivity contribution in [3.63, 3.8) is 0 Å². The van der Waals surface area contributed by atoms with E-state index in [4.69, 9.17) is 4.98 Å². The molecule has 0 bridgehead atoms. The summed E-state index contributed by atoms with van der Waals surface area (Å²) in [5.41, 5.74) is 6.08. The van der Waals surface area contributed by atoms with Crippen molar-refractivity contribution in [2.45, 2.75) is 0 Å². The third kappa shape index (κ3) is 2.94. The van der Waals surface area contributed by atoms with Crippen LogP contribution >= 0.6 is 11.3 Å². The number of pyridine rings is 1. The first-order valence-electron chi connectivity index (χ1n) is 7.69. The van der Waals surface area contributed by atoms with Gasteiger partial charge in [-0.25, -0.2) is 4.98 Å². The molecule has 1 N–H and O–H groups in total. The van der Waals surface area contributed by atoms with E-state index in [9.17, 15) is 5.11 Å². The molecule has 0 saturated carbocycles. The molecule has 2 heterocycles. The summed E-state index contributed by atoms with van der Waals surface area (Å²) in [4.78, 5) is 4.81. The van der Waals surface area contributed by atoms with E-state index in [1.54, 1.807) is 23.5 Å². The summed E-state index contributed by atoms with van der Waals surface area (Å²) >= 11 is 1.66. The highest BCUT2D eigenvalue weighted by Gasteiger charge is 2.09. The van der Waals surface area contributed by atoms with Crippen molar-refractivity contribution in [3.8, 4) is 39.4 Å². The SMILES string of the molecule is Oc1cccc(-c2cc(-c3ccccc3)cc(-c3ccsc3)n2)c1. The minimum absolute atomic E-state index is 0.247. The summed E-state index contributed by atoms with van der Waals surface area (Å²) in [6, 6.07) is 23.8. The Morgan fingerprint density at radius 2 is 1.42 bits per heavy atom. The fourth-order valence-electron chi connectivity index (χ4n) is 2.70. The predicted molar refractivity (Wildman–Crippen MR) is 100 cm³/mol. The molecule has 2 aromatic heterocycles. The Hall–Kier alpha value is -2.91. The first kappa shape index (κ1) is 14.7. The third-order valence-electron chi connectivity index (χ3n) is 3.89. The van der Waals surface area contributed by atoms with E-state index in [1.165, 1.54) is 0 Å². The average Bonchev–Trinajstić information content (AvgIpc) is 3.17. The van der Waals surface area contributed by atoms with E-state index in [0.717, 1.165) is 33.6 Å². The van der Waals surface area contributed by atoms with Crippen LogP contribution in [-0.4, -0.2) is 10.1 Å². The first-order chi connectivity index (χ1) is 11.8. The molecule has 0 fully saturated rings. The maximum atomic E-state index is 9.79. The highest BCUT2D eigenvalue weighted by atomic mass is 32.1. The van der Waals surface area contributed by atoms with Gasteiger partial charge < -0.3 is 5.11 Å². The fourth-order valence-corrected chi connectivity index (χ4v) is 3.35. The highest BCUT2D eigenvalue weighted by Crippen LogP contribution is 2.31. The smallest absolute Gasteiger partial charge is 0.116 e. The number of thiophene rings is 1. The Balaban J connectivity index is 1.92. The zero-order valence-corrected chi connectivity index (χ0v) is 13.7. The van der Waals surface area contributed by atoms with E-state index in [2.05, 4.69) is 41.1 Å². The molecule has 2 nitrogen and oxygen atoms in total. The third-order valence-corrected chi connectivity index (χ3v) is 4.57. The number of rotatable bonds is 3. The average molecular weight is 329 g/mol. The Labute approximate surface area is 144 Å². The van der Waals surface area contributed by atoms with Gasteiger partial charge in [0, 0.05) is 16.5 Å². The lowest BCUT2D eigenvalue weighted by Crippen LogP contribution is -1.90. The van der Waals surface area contributed by atoms with Crippen molar-refractivity contribution in [1.29, 1.82) is 0 Å². The second-order valence-electron chi connectivity index (χ2n) is 5.55. The normalized spacial score (nSPS) is 10.7. The summed E-state index contributed by atoms with van der Waals surface area (Å²) in [7, 11) is 0. The molecule has 24 heavy (non-hydrogen) atoms. The quantitative estimate of drug-likeness (QED) is 0.511. The lowest BCUT2D eigenvalue weighted by molar-refractivity contribution is 0.475. The molecule has 4 aromatic rings. The van der Waals surface area contributed by atoms with Gasteiger partial charge >= 0.3 is 0 Å². The van der Waals surface area contributed by atoms with Crippen LogP contribution in [0.1, 0.15) is 0 Å². The van der Waals surface area contributed by atoms with E-state index in [1.807, 2.05) is 30.3 Å². The molecule has 0 aliphatic heterocycles. The number of hydrogen-bond donors (Lipinski definition) is 1. The Morgan fingerprint density at radius 3 is 2.12 bits per heavy atom. The molecule has 0 saturated heterocycles. The van der Waals surface area contributed by atoms with Gasteiger partial charge in [-0.15, -0.1) is 0 Å².